The first-order chi connectivity index (χ1) is 10.9. The zero-order valence-corrected chi connectivity index (χ0v) is 17.9. The first-order valence-corrected chi connectivity index (χ1v) is 9.72. The fourth-order valence-electron chi connectivity index (χ4n) is 2.15. The highest BCUT2D eigenvalue weighted by atomic mass is 127. The number of hydrogen-bond donors (Lipinski definition) is 1. The predicted molar refractivity (Wildman–Crippen MR) is 110 cm³/mol. The lowest BCUT2D eigenvalue weighted by molar-refractivity contribution is 0.396. The van der Waals surface area contributed by atoms with Crippen molar-refractivity contribution in [1.29, 1.82) is 0 Å². The van der Waals surface area contributed by atoms with Gasteiger partial charge in [-0.15, -0.1) is 24.0 Å². The number of aliphatic imine (C=N–C) groups is 1. The average molecular weight is 469 g/mol. The second kappa shape index (κ2) is 11.5. The predicted octanol–water partition coefficient (Wildman–Crippen LogP) is 2.15. The molecule has 0 aromatic heterocycles. The van der Waals surface area contributed by atoms with Crippen molar-refractivity contribution in [2.24, 2.45) is 4.99 Å². The summed E-state index contributed by atoms with van der Waals surface area (Å²) >= 11 is 0. The normalized spacial score (nSPS) is 11.6. The van der Waals surface area contributed by atoms with Crippen LogP contribution in [0.15, 0.2) is 29.3 Å². The second-order valence-corrected chi connectivity index (χ2v) is 7.65. The molecule has 0 aliphatic rings. The van der Waals surface area contributed by atoms with Crippen LogP contribution in [-0.4, -0.2) is 58.5 Å². The highest BCUT2D eigenvalue weighted by Gasteiger charge is 2.10. The van der Waals surface area contributed by atoms with Gasteiger partial charge < -0.3 is 15.0 Å². The molecular formula is C16H28IN3O3S. The summed E-state index contributed by atoms with van der Waals surface area (Å²) < 4.78 is 27.7. The number of nitrogens with one attached hydrogen (secondary N) is 1. The molecule has 0 aliphatic heterocycles. The van der Waals surface area contributed by atoms with Crippen molar-refractivity contribution in [2.45, 2.75) is 19.9 Å². The molecule has 0 atom stereocenters. The van der Waals surface area contributed by atoms with E-state index in [-0.39, 0.29) is 29.7 Å². The van der Waals surface area contributed by atoms with Gasteiger partial charge in [-0.2, -0.15) is 0 Å². The highest BCUT2D eigenvalue weighted by molar-refractivity contribution is 14.0. The molecule has 1 aromatic carbocycles. The van der Waals surface area contributed by atoms with Gasteiger partial charge in [0.05, 0.1) is 12.9 Å². The Morgan fingerprint density at radius 2 is 2.00 bits per heavy atom. The number of methoxy groups -OCH3 is 1. The Kier molecular flexibility index (Phi) is 11.0. The smallest absolute Gasteiger partial charge is 0.193 e. The summed E-state index contributed by atoms with van der Waals surface area (Å²) in [6, 6.07) is 7.86. The van der Waals surface area contributed by atoms with Gasteiger partial charge in [0, 0.05) is 38.5 Å². The van der Waals surface area contributed by atoms with Crippen molar-refractivity contribution in [3.63, 3.8) is 0 Å². The molecule has 0 spiro atoms. The van der Waals surface area contributed by atoms with E-state index in [1.807, 2.05) is 43.1 Å². The Morgan fingerprint density at radius 3 is 2.58 bits per heavy atom. The standard InChI is InChI=1S/C16H27N3O3S.HI/c1-5-17-16(18-11-8-12-23(4,20)21)19(2)13-14-9-6-7-10-15(14)22-3;/h6-7,9-10H,5,8,11-13H2,1-4H3,(H,17,18);1H. The number of ether oxygens (including phenoxy) is 1. The summed E-state index contributed by atoms with van der Waals surface area (Å²) in [7, 11) is 0.673. The Morgan fingerprint density at radius 1 is 1.33 bits per heavy atom. The maximum Gasteiger partial charge on any atom is 0.193 e. The Bertz CT molecular complexity index is 621. The zero-order valence-electron chi connectivity index (χ0n) is 14.8. The molecule has 0 bridgehead atoms. The number of hydrogen-bond acceptors (Lipinski definition) is 4. The summed E-state index contributed by atoms with van der Waals surface area (Å²) in [5.41, 5.74) is 1.07. The molecule has 1 N–H and O–H groups in total. The van der Waals surface area contributed by atoms with Gasteiger partial charge >= 0.3 is 0 Å². The van der Waals surface area contributed by atoms with E-state index in [4.69, 9.17) is 4.74 Å². The lowest BCUT2D eigenvalue weighted by Crippen LogP contribution is -2.38. The van der Waals surface area contributed by atoms with Gasteiger partial charge in [0.15, 0.2) is 5.96 Å². The number of nitrogens with zero attached hydrogens (tertiary/aromatic N) is 2. The summed E-state index contributed by atoms with van der Waals surface area (Å²) in [6.45, 7) is 3.89. The molecule has 0 radical (unpaired) electrons. The Hall–Kier alpha value is -1.03. The molecule has 138 valence electrons. The Balaban J connectivity index is 0.00000529. The topological polar surface area (TPSA) is 71.0 Å². The lowest BCUT2D eigenvalue weighted by Gasteiger charge is -2.23. The van der Waals surface area contributed by atoms with Crippen LogP contribution in [-0.2, 0) is 16.4 Å². The van der Waals surface area contributed by atoms with Gasteiger partial charge in [0.1, 0.15) is 15.6 Å². The third-order valence-electron chi connectivity index (χ3n) is 3.23. The van der Waals surface area contributed by atoms with E-state index in [1.165, 1.54) is 6.26 Å². The van der Waals surface area contributed by atoms with Crippen molar-refractivity contribution < 1.29 is 13.2 Å². The molecule has 0 fully saturated rings. The van der Waals surface area contributed by atoms with E-state index in [1.54, 1.807) is 7.11 Å². The van der Waals surface area contributed by atoms with Crippen LogP contribution in [0.25, 0.3) is 0 Å². The minimum Gasteiger partial charge on any atom is -0.496 e. The van der Waals surface area contributed by atoms with Gasteiger partial charge in [-0.25, -0.2) is 8.42 Å². The van der Waals surface area contributed by atoms with Crippen molar-refractivity contribution in [2.75, 3.05) is 39.3 Å². The molecule has 24 heavy (non-hydrogen) atoms. The van der Waals surface area contributed by atoms with E-state index in [0.29, 0.717) is 19.5 Å². The lowest BCUT2D eigenvalue weighted by atomic mass is 10.2. The molecular weight excluding hydrogens is 441 g/mol. The fourth-order valence-corrected chi connectivity index (χ4v) is 2.80. The van der Waals surface area contributed by atoms with Crippen LogP contribution in [0, 0.1) is 0 Å². The van der Waals surface area contributed by atoms with E-state index in [2.05, 4.69) is 10.3 Å². The highest BCUT2D eigenvalue weighted by Crippen LogP contribution is 2.18. The van der Waals surface area contributed by atoms with Gasteiger partial charge in [-0.05, 0) is 19.4 Å². The quantitative estimate of drug-likeness (QED) is 0.274. The minimum absolute atomic E-state index is 0. The minimum atomic E-state index is -2.93. The molecule has 1 aromatic rings. The SMILES string of the molecule is CCNC(=NCCCS(C)(=O)=O)N(C)Cc1ccccc1OC.I. The van der Waals surface area contributed by atoms with Crippen LogP contribution in [0.3, 0.4) is 0 Å². The maximum absolute atomic E-state index is 11.2. The molecule has 1 rings (SSSR count). The summed E-state index contributed by atoms with van der Waals surface area (Å²) in [6.07, 6.45) is 1.77. The number of halogens is 1. The Labute approximate surface area is 162 Å². The third kappa shape index (κ3) is 8.72. The molecule has 0 heterocycles. The first-order valence-electron chi connectivity index (χ1n) is 7.66. The zero-order chi connectivity index (χ0) is 17.3. The number of benzene rings is 1. The summed E-state index contributed by atoms with van der Waals surface area (Å²) in [5.74, 6) is 1.76. The molecule has 0 saturated carbocycles. The van der Waals surface area contributed by atoms with Crippen molar-refractivity contribution >= 4 is 39.8 Å². The van der Waals surface area contributed by atoms with Crippen LogP contribution in [0.5, 0.6) is 5.75 Å². The second-order valence-electron chi connectivity index (χ2n) is 5.39. The number of guanidine groups is 1. The van der Waals surface area contributed by atoms with Gasteiger partial charge in [0.25, 0.3) is 0 Å². The molecule has 0 saturated heterocycles. The fraction of sp³-hybridized carbons (Fsp3) is 0.562. The van der Waals surface area contributed by atoms with Crippen LogP contribution in [0.1, 0.15) is 18.9 Å². The number of rotatable bonds is 8. The monoisotopic (exact) mass is 469 g/mol. The maximum atomic E-state index is 11.2. The number of sulfone groups is 1. The van der Waals surface area contributed by atoms with Crippen molar-refractivity contribution in [3.05, 3.63) is 29.8 Å². The van der Waals surface area contributed by atoms with Crippen LogP contribution in [0.4, 0.5) is 0 Å². The van der Waals surface area contributed by atoms with E-state index in [9.17, 15) is 8.42 Å². The van der Waals surface area contributed by atoms with Crippen LogP contribution < -0.4 is 10.1 Å². The largest absolute Gasteiger partial charge is 0.496 e. The van der Waals surface area contributed by atoms with Crippen molar-refractivity contribution in [1.82, 2.24) is 10.2 Å². The van der Waals surface area contributed by atoms with E-state index < -0.39 is 9.84 Å². The van der Waals surface area contributed by atoms with Crippen molar-refractivity contribution in [3.8, 4) is 5.75 Å². The number of para-hydroxylation sites is 1. The molecule has 0 amide bonds. The van der Waals surface area contributed by atoms with E-state index in [0.717, 1.165) is 23.8 Å². The summed E-state index contributed by atoms with van der Waals surface area (Å²) in [5, 5.41) is 3.22. The van der Waals surface area contributed by atoms with Crippen LogP contribution >= 0.6 is 24.0 Å². The third-order valence-corrected chi connectivity index (χ3v) is 4.26. The first kappa shape index (κ1) is 23.0. The molecule has 0 aliphatic carbocycles. The van der Waals surface area contributed by atoms with Gasteiger partial charge in [-0.1, -0.05) is 18.2 Å². The van der Waals surface area contributed by atoms with Gasteiger partial charge in [0.2, 0.25) is 0 Å². The molecule has 6 nitrogen and oxygen atoms in total. The van der Waals surface area contributed by atoms with Gasteiger partial charge in [-0.3, -0.25) is 4.99 Å². The van der Waals surface area contributed by atoms with Crippen LogP contribution in [0.2, 0.25) is 0 Å². The molecule has 8 heteroatoms. The molecule has 0 unspecified atom stereocenters. The van der Waals surface area contributed by atoms with E-state index >= 15 is 0 Å². The summed E-state index contributed by atoms with van der Waals surface area (Å²) in [4.78, 5) is 6.50. The average Bonchev–Trinajstić information content (AvgIpc) is 2.49.